The summed E-state index contributed by atoms with van der Waals surface area (Å²) in [6.45, 7) is 2.76. The number of aromatic nitrogens is 2. The fraction of sp³-hybridized carbons (Fsp3) is 0.750. The third-order valence-corrected chi connectivity index (χ3v) is 3.14. The van der Waals surface area contributed by atoms with Gasteiger partial charge >= 0.3 is 6.01 Å². The summed E-state index contributed by atoms with van der Waals surface area (Å²) in [5.74, 6) is 1.44. The Morgan fingerprint density at radius 3 is 2.94 bits per heavy atom. The zero-order chi connectivity index (χ0) is 13.0. The highest BCUT2D eigenvalue weighted by Gasteiger charge is 2.29. The summed E-state index contributed by atoms with van der Waals surface area (Å²) >= 11 is 0. The van der Waals surface area contributed by atoms with E-state index < -0.39 is 0 Å². The van der Waals surface area contributed by atoms with Crippen molar-refractivity contribution in [2.75, 3.05) is 11.9 Å². The van der Waals surface area contributed by atoms with E-state index >= 15 is 0 Å². The fourth-order valence-electron chi connectivity index (χ4n) is 1.77. The molecule has 1 amide bonds. The number of hydrogen-bond donors (Lipinski definition) is 2. The van der Waals surface area contributed by atoms with Crippen LogP contribution in [0.15, 0.2) is 4.42 Å². The van der Waals surface area contributed by atoms with Crippen molar-refractivity contribution in [3.63, 3.8) is 0 Å². The Morgan fingerprint density at radius 2 is 2.28 bits per heavy atom. The average Bonchev–Trinajstić information content (AvgIpc) is 3.09. The minimum absolute atomic E-state index is 0.0788. The molecule has 2 rings (SSSR count). The van der Waals surface area contributed by atoms with Crippen LogP contribution in [0.2, 0.25) is 0 Å². The molecule has 0 spiro atoms. The molecule has 1 saturated carbocycles. The van der Waals surface area contributed by atoms with Crippen molar-refractivity contribution in [2.24, 2.45) is 11.7 Å². The molecule has 1 atom stereocenters. The molecule has 1 heterocycles. The Hall–Kier alpha value is -1.43. The van der Waals surface area contributed by atoms with Gasteiger partial charge in [0, 0.05) is 12.3 Å². The predicted molar refractivity (Wildman–Crippen MR) is 67.0 cm³/mol. The smallest absolute Gasteiger partial charge is 0.322 e. The zero-order valence-corrected chi connectivity index (χ0v) is 10.7. The molecule has 1 aromatic heterocycles. The Labute approximate surface area is 106 Å². The van der Waals surface area contributed by atoms with Gasteiger partial charge in [-0.2, -0.15) is 0 Å². The van der Waals surface area contributed by atoms with Gasteiger partial charge in [0.15, 0.2) is 0 Å². The van der Waals surface area contributed by atoms with Gasteiger partial charge in [0.25, 0.3) is 0 Å². The van der Waals surface area contributed by atoms with Crippen molar-refractivity contribution in [3.8, 4) is 0 Å². The first kappa shape index (κ1) is 13.0. The van der Waals surface area contributed by atoms with Crippen LogP contribution in [-0.2, 0) is 4.79 Å². The molecule has 6 nitrogen and oxygen atoms in total. The van der Waals surface area contributed by atoms with Crippen LogP contribution in [0, 0.1) is 5.92 Å². The molecule has 0 radical (unpaired) electrons. The Balaban J connectivity index is 1.72. The number of amides is 1. The van der Waals surface area contributed by atoms with Crippen LogP contribution in [0.3, 0.4) is 0 Å². The summed E-state index contributed by atoms with van der Waals surface area (Å²) in [6, 6.07) is 0.216. The summed E-state index contributed by atoms with van der Waals surface area (Å²) in [4.78, 5) is 11.6. The van der Waals surface area contributed by atoms with Gasteiger partial charge in [-0.05, 0) is 38.1 Å². The molecule has 1 aromatic rings. The maximum absolute atomic E-state index is 11.6. The molecule has 0 saturated heterocycles. The van der Waals surface area contributed by atoms with Crippen LogP contribution in [0.25, 0.3) is 0 Å². The van der Waals surface area contributed by atoms with E-state index in [4.69, 9.17) is 10.2 Å². The second kappa shape index (κ2) is 5.95. The van der Waals surface area contributed by atoms with Crippen LogP contribution in [0.4, 0.5) is 6.01 Å². The van der Waals surface area contributed by atoms with Crippen molar-refractivity contribution in [1.29, 1.82) is 0 Å². The number of anilines is 1. The molecule has 1 aliphatic carbocycles. The van der Waals surface area contributed by atoms with E-state index in [1.807, 2.05) is 0 Å². The third-order valence-electron chi connectivity index (χ3n) is 3.14. The van der Waals surface area contributed by atoms with Crippen LogP contribution >= 0.6 is 0 Å². The van der Waals surface area contributed by atoms with E-state index in [9.17, 15) is 4.79 Å². The van der Waals surface area contributed by atoms with Crippen molar-refractivity contribution in [3.05, 3.63) is 5.89 Å². The van der Waals surface area contributed by atoms with Crippen molar-refractivity contribution >= 4 is 11.9 Å². The molecule has 1 unspecified atom stereocenters. The van der Waals surface area contributed by atoms with Crippen molar-refractivity contribution in [2.45, 2.75) is 44.9 Å². The normalized spacial score (nSPS) is 16.6. The predicted octanol–water partition coefficient (Wildman–Crippen LogP) is 1.65. The van der Waals surface area contributed by atoms with Gasteiger partial charge in [-0.15, -0.1) is 5.10 Å². The van der Waals surface area contributed by atoms with Gasteiger partial charge in [-0.1, -0.05) is 12.0 Å². The summed E-state index contributed by atoms with van der Waals surface area (Å²) in [7, 11) is 0. The summed E-state index contributed by atoms with van der Waals surface area (Å²) in [5, 5.41) is 10.4. The standard InChI is InChI=1S/C12H20N4O2/c1-8(6-7-13)2-5-10(17)14-12-16-15-11(18-12)9-3-4-9/h8-9H,2-7,13H2,1H3,(H,14,16,17). The molecule has 100 valence electrons. The maximum Gasteiger partial charge on any atom is 0.322 e. The lowest BCUT2D eigenvalue weighted by atomic mass is 10.0. The number of nitrogens with zero attached hydrogens (tertiary/aromatic N) is 2. The van der Waals surface area contributed by atoms with Gasteiger partial charge in [0.1, 0.15) is 0 Å². The Kier molecular flexibility index (Phi) is 4.30. The SMILES string of the molecule is CC(CCN)CCC(=O)Nc1nnc(C2CC2)o1. The Bertz CT molecular complexity index is 401. The molecule has 3 N–H and O–H groups in total. The number of nitrogens with one attached hydrogen (secondary N) is 1. The van der Waals surface area contributed by atoms with Crippen molar-refractivity contribution in [1.82, 2.24) is 10.2 Å². The summed E-state index contributed by atoms with van der Waals surface area (Å²) < 4.78 is 5.36. The highest BCUT2D eigenvalue weighted by atomic mass is 16.4. The summed E-state index contributed by atoms with van der Waals surface area (Å²) in [6.07, 6.45) is 4.44. The van der Waals surface area contributed by atoms with E-state index in [1.165, 1.54) is 0 Å². The van der Waals surface area contributed by atoms with Crippen LogP contribution in [0.5, 0.6) is 0 Å². The minimum atomic E-state index is -0.0788. The average molecular weight is 252 g/mol. The van der Waals surface area contributed by atoms with E-state index in [-0.39, 0.29) is 11.9 Å². The molecule has 1 aliphatic rings. The highest BCUT2D eigenvalue weighted by Crippen LogP contribution is 2.39. The first-order valence-corrected chi connectivity index (χ1v) is 6.52. The van der Waals surface area contributed by atoms with Crippen LogP contribution in [0.1, 0.15) is 50.8 Å². The number of carbonyl (C=O) groups excluding carboxylic acids is 1. The van der Waals surface area contributed by atoms with E-state index in [1.54, 1.807) is 0 Å². The molecule has 1 fully saturated rings. The quantitative estimate of drug-likeness (QED) is 0.769. The maximum atomic E-state index is 11.6. The number of hydrogen-bond acceptors (Lipinski definition) is 5. The highest BCUT2D eigenvalue weighted by molar-refractivity contribution is 5.88. The number of carbonyl (C=O) groups is 1. The number of nitrogens with two attached hydrogens (primary N) is 1. The summed E-state index contributed by atoms with van der Waals surface area (Å²) in [5.41, 5.74) is 5.46. The number of rotatable bonds is 7. The second-order valence-electron chi connectivity index (χ2n) is 4.99. The van der Waals surface area contributed by atoms with Gasteiger partial charge < -0.3 is 10.2 Å². The van der Waals surface area contributed by atoms with E-state index in [2.05, 4.69) is 22.4 Å². The molecule has 0 aromatic carbocycles. The van der Waals surface area contributed by atoms with Crippen LogP contribution in [-0.4, -0.2) is 22.6 Å². The van der Waals surface area contributed by atoms with Gasteiger partial charge in [-0.3, -0.25) is 10.1 Å². The topological polar surface area (TPSA) is 94.0 Å². The molecule has 6 heteroatoms. The molecule has 0 aliphatic heterocycles. The fourth-order valence-corrected chi connectivity index (χ4v) is 1.77. The molecule has 18 heavy (non-hydrogen) atoms. The van der Waals surface area contributed by atoms with Gasteiger partial charge in [0.2, 0.25) is 11.8 Å². The minimum Gasteiger partial charge on any atom is -0.408 e. The van der Waals surface area contributed by atoms with Crippen LogP contribution < -0.4 is 11.1 Å². The van der Waals surface area contributed by atoms with E-state index in [0.29, 0.717) is 30.7 Å². The van der Waals surface area contributed by atoms with Crippen molar-refractivity contribution < 1.29 is 9.21 Å². The van der Waals surface area contributed by atoms with E-state index in [0.717, 1.165) is 25.7 Å². The third kappa shape index (κ3) is 3.80. The van der Waals surface area contributed by atoms with Gasteiger partial charge in [0.05, 0.1) is 0 Å². The lowest BCUT2D eigenvalue weighted by Crippen LogP contribution is -2.14. The first-order chi connectivity index (χ1) is 8.69. The molecule has 0 bridgehead atoms. The lowest BCUT2D eigenvalue weighted by Gasteiger charge is -2.08. The second-order valence-corrected chi connectivity index (χ2v) is 4.99. The zero-order valence-electron chi connectivity index (χ0n) is 10.7. The lowest BCUT2D eigenvalue weighted by molar-refractivity contribution is -0.116. The first-order valence-electron chi connectivity index (χ1n) is 6.52. The molecular weight excluding hydrogens is 232 g/mol. The van der Waals surface area contributed by atoms with Gasteiger partial charge in [-0.25, -0.2) is 0 Å². The monoisotopic (exact) mass is 252 g/mol. The molecular formula is C12H20N4O2. The Morgan fingerprint density at radius 1 is 1.50 bits per heavy atom. The largest absolute Gasteiger partial charge is 0.408 e.